The number of carbonyl (C=O) groups is 2. The van der Waals surface area contributed by atoms with E-state index >= 15 is 0 Å². The molecule has 0 saturated carbocycles. The molecule has 2 aromatic carbocycles. The van der Waals surface area contributed by atoms with Crippen LogP contribution < -0.4 is 14.8 Å². The Hall–Kier alpha value is -4.66. The van der Waals surface area contributed by atoms with Gasteiger partial charge >= 0.3 is 5.97 Å². The smallest absolute Gasteiger partial charge is 0.354 e. The van der Waals surface area contributed by atoms with Gasteiger partial charge in [0.2, 0.25) is 0 Å². The molecule has 0 aliphatic rings. The second-order valence-corrected chi connectivity index (χ2v) is 7.11. The third-order valence-electron chi connectivity index (χ3n) is 5.03. The van der Waals surface area contributed by atoms with Gasteiger partial charge in [-0.2, -0.15) is 5.10 Å². The van der Waals surface area contributed by atoms with E-state index in [9.17, 15) is 9.59 Å². The number of aromatic nitrogens is 3. The molecule has 34 heavy (non-hydrogen) atoms. The molecule has 4 aromatic rings. The van der Waals surface area contributed by atoms with E-state index in [-0.39, 0.29) is 11.4 Å². The first-order chi connectivity index (χ1) is 16.5. The van der Waals surface area contributed by atoms with Crippen molar-refractivity contribution in [2.75, 3.05) is 21.3 Å². The highest BCUT2D eigenvalue weighted by atomic mass is 16.5. The third-order valence-corrected chi connectivity index (χ3v) is 5.03. The highest BCUT2D eigenvalue weighted by molar-refractivity contribution is 6.02. The highest BCUT2D eigenvalue weighted by Crippen LogP contribution is 2.32. The van der Waals surface area contributed by atoms with Crippen molar-refractivity contribution < 1.29 is 23.8 Å². The largest absolute Gasteiger partial charge is 0.493 e. The average Bonchev–Trinajstić information content (AvgIpc) is 3.33. The van der Waals surface area contributed by atoms with Crippen LogP contribution in [0.2, 0.25) is 0 Å². The van der Waals surface area contributed by atoms with Crippen molar-refractivity contribution in [3.8, 4) is 22.8 Å². The summed E-state index contributed by atoms with van der Waals surface area (Å²) in [5.74, 6) is -0.0945. The maximum Gasteiger partial charge on any atom is 0.354 e. The molecule has 9 heteroatoms. The standard InChI is InChI=1S/C25H22N4O5/c1-32-21-10-9-17(14-22(21)33-2)20-11-12-26-23-15-18(28-29(20)23)24(30)27-19(25(31)34-3)13-16-7-5-4-6-8-16/h4-15H,1-3H3,(H,27,30)/b19-13+. The van der Waals surface area contributed by atoms with Crippen molar-refractivity contribution in [1.29, 1.82) is 0 Å². The summed E-state index contributed by atoms with van der Waals surface area (Å²) in [5.41, 5.74) is 2.75. The first-order valence-electron chi connectivity index (χ1n) is 10.3. The van der Waals surface area contributed by atoms with Crippen molar-refractivity contribution in [2.45, 2.75) is 0 Å². The second-order valence-electron chi connectivity index (χ2n) is 7.11. The summed E-state index contributed by atoms with van der Waals surface area (Å²) >= 11 is 0. The first kappa shape index (κ1) is 22.5. The van der Waals surface area contributed by atoms with Gasteiger partial charge in [-0.05, 0) is 35.9 Å². The Balaban J connectivity index is 1.68. The lowest BCUT2D eigenvalue weighted by Crippen LogP contribution is -2.28. The van der Waals surface area contributed by atoms with Crippen LogP contribution in [0.3, 0.4) is 0 Å². The Morgan fingerprint density at radius 3 is 2.41 bits per heavy atom. The van der Waals surface area contributed by atoms with Crippen LogP contribution in [0.25, 0.3) is 23.0 Å². The summed E-state index contributed by atoms with van der Waals surface area (Å²) in [5, 5.41) is 7.02. The number of hydrogen-bond acceptors (Lipinski definition) is 7. The van der Waals surface area contributed by atoms with Gasteiger partial charge in [-0.3, -0.25) is 4.79 Å². The Bertz CT molecular complexity index is 1380. The zero-order valence-corrected chi connectivity index (χ0v) is 18.8. The molecule has 1 amide bonds. The highest BCUT2D eigenvalue weighted by Gasteiger charge is 2.19. The molecule has 0 aliphatic carbocycles. The maximum absolute atomic E-state index is 13.0. The number of rotatable bonds is 7. The van der Waals surface area contributed by atoms with Crippen LogP contribution in [0.4, 0.5) is 0 Å². The summed E-state index contributed by atoms with van der Waals surface area (Å²) in [6, 6.07) is 17.9. The zero-order valence-electron chi connectivity index (χ0n) is 18.8. The Morgan fingerprint density at radius 1 is 0.941 bits per heavy atom. The van der Waals surface area contributed by atoms with E-state index in [1.807, 2.05) is 30.3 Å². The van der Waals surface area contributed by atoms with Crippen LogP contribution in [-0.4, -0.2) is 47.8 Å². The molecule has 0 unspecified atom stereocenters. The third kappa shape index (κ3) is 4.58. The van der Waals surface area contributed by atoms with Crippen LogP contribution in [0.1, 0.15) is 16.1 Å². The SMILES string of the molecule is COC(=O)/C(=C\c1ccccc1)NC(=O)c1cc2nccc(-c3ccc(OC)c(OC)c3)n2n1. The maximum atomic E-state index is 13.0. The number of fused-ring (bicyclic) bond motifs is 1. The quantitative estimate of drug-likeness (QED) is 0.335. The summed E-state index contributed by atoms with van der Waals surface area (Å²) < 4.78 is 17.1. The summed E-state index contributed by atoms with van der Waals surface area (Å²) in [6.45, 7) is 0. The van der Waals surface area contributed by atoms with Crippen LogP contribution in [-0.2, 0) is 9.53 Å². The number of carbonyl (C=O) groups excluding carboxylic acids is 2. The minimum absolute atomic E-state index is 0.0103. The molecule has 0 aliphatic heterocycles. The van der Waals surface area contributed by atoms with Gasteiger partial charge in [-0.1, -0.05) is 30.3 Å². The van der Waals surface area contributed by atoms with Gasteiger partial charge in [0.1, 0.15) is 5.70 Å². The lowest BCUT2D eigenvalue weighted by Gasteiger charge is -2.10. The van der Waals surface area contributed by atoms with E-state index in [1.54, 1.807) is 49.2 Å². The number of amides is 1. The molecular formula is C25H22N4O5. The molecule has 0 atom stereocenters. The van der Waals surface area contributed by atoms with E-state index in [4.69, 9.17) is 14.2 Å². The molecule has 0 bridgehead atoms. The van der Waals surface area contributed by atoms with Gasteiger partial charge in [0.05, 0.1) is 27.0 Å². The minimum atomic E-state index is -0.676. The van der Waals surface area contributed by atoms with E-state index in [0.717, 1.165) is 11.1 Å². The molecule has 172 valence electrons. The number of ether oxygens (including phenoxy) is 3. The van der Waals surface area contributed by atoms with E-state index in [0.29, 0.717) is 22.8 Å². The van der Waals surface area contributed by atoms with Crippen LogP contribution in [0, 0.1) is 0 Å². The van der Waals surface area contributed by atoms with Gasteiger partial charge in [0.15, 0.2) is 22.8 Å². The summed E-state index contributed by atoms with van der Waals surface area (Å²) in [6.07, 6.45) is 3.16. The number of nitrogens with zero attached hydrogens (tertiary/aromatic N) is 3. The molecule has 0 spiro atoms. The van der Waals surface area contributed by atoms with Gasteiger partial charge in [-0.15, -0.1) is 0 Å². The number of nitrogens with one attached hydrogen (secondary N) is 1. The lowest BCUT2D eigenvalue weighted by molar-refractivity contribution is -0.136. The molecule has 0 saturated heterocycles. The van der Waals surface area contributed by atoms with Gasteiger partial charge in [0, 0.05) is 17.8 Å². The van der Waals surface area contributed by atoms with Gasteiger partial charge < -0.3 is 19.5 Å². The fraction of sp³-hybridized carbons (Fsp3) is 0.120. The molecule has 0 fully saturated rings. The van der Waals surface area contributed by atoms with Gasteiger partial charge in [0.25, 0.3) is 5.91 Å². The topological polar surface area (TPSA) is 104 Å². The molecule has 9 nitrogen and oxygen atoms in total. The van der Waals surface area contributed by atoms with Crippen LogP contribution in [0.5, 0.6) is 11.5 Å². The molecule has 2 heterocycles. The number of benzene rings is 2. The fourth-order valence-electron chi connectivity index (χ4n) is 3.38. The molecule has 4 rings (SSSR count). The van der Waals surface area contributed by atoms with Crippen LogP contribution >= 0.6 is 0 Å². The second kappa shape index (κ2) is 9.86. The fourth-order valence-corrected chi connectivity index (χ4v) is 3.38. The molecule has 1 N–H and O–H groups in total. The Morgan fingerprint density at radius 2 is 1.71 bits per heavy atom. The summed E-state index contributed by atoms with van der Waals surface area (Å²) in [7, 11) is 4.37. The minimum Gasteiger partial charge on any atom is -0.493 e. The Kier molecular flexibility index (Phi) is 6.54. The predicted molar refractivity (Wildman–Crippen MR) is 125 cm³/mol. The monoisotopic (exact) mass is 458 g/mol. The van der Waals surface area contributed by atoms with Crippen molar-refractivity contribution in [1.82, 2.24) is 19.9 Å². The predicted octanol–water partition coefficient (Wildman–Crippen LogP) is 3.36. The average molecular weight is 458 g/mol. The Labute approximate surface area is 195 Å². The van der Waals surface area contributed by atoms with Crippen molar-refractivity contribution >= 4 is 23.6 Å². The van der Waals surface area contributed by atoms with E-state index in [1.165, 1.54) is 19.3 Å². The van der Waals surface area contributed by atoms with Crippen LogP contribution in [0.15, 0.2) is 72.6 Å². The number of esters is 1. The molecule has 0 radical (unpaired) electrons. The number of hydrogen-bond donors (Lipinski definition) is 1. The molecule has 2 aromatic heterocycles. The summed E-state index contributed by atoms with van der Waals surface area (Å²) in [4.78, 5) is 29.5. The van der Waals surface area contributed by atoms with E-state index < -0.39 is 11.9 Å². The zero-order chi connectivity index (χ0) is 24.1. The van der Waals surface area contributed by atoms with Crippen molar-refractivity contribution in [3.63, 3.8) is 0 Å². The first-order valence-corrected chi connectivity index (χ1v) is 10.3. The van der Waals surface area contributed by atoms with E-state index in [2.05, 4.69) is 15.4 Å². The normalized spacial score (nSPS) is 11.2. The number of methoxy groups -OCH3 is 3. The lowest BCUT2D eigenvalue weighted by atomic mass is 10.1. The van der Waals surface area contributed by atoms with Crippen molar-refractivity contribution in [2.24, 2.45) is 0 Å². The molecular weight excluding hydrogens is 436 g/mol. The van der Waals surface area contributed by atoms with Crippen molar-refractivity contribution in [3.05, 3.63) is 83.8 Å². The van der Waals surface area contributed by atoms with Gasteiger partial charge in [-0.25, -0.2) is 14.3 Å².